The smallest absolute Gasteiger partial charge is 0.326 e. The fourth-order valence-corrected chi connectivity index (χ4v) is 3.72. The fraction of sp³-hybridized carbons (Fsp3) is 0.391. The number of hydrogen-bond donors (Lipinski definition) is 0. The van der Waals surface area contributed by atoms with Gasteiger partial charge in [-0.15, -0.1) is 0 Å². The highest BCUT2D eigenvalue weighted by molar-refractivity contribution is 6.02. The molecule has 1 heterocycles. The number of nitrogens with zero attached hydrogens (tertiary/aromatic N) is 1. The number of carbonyl (C=O) groups excluding carboxylic acids is 2. The minimum absolute atomic E-state index is 0.173. The van der Waals surface area contributed by atoms with Crippen LogP contribution in [0.15, 0.2) is 54.6 Å². The third-order valence-corrected chi connectivity index (χ3v) is 5.11. The lowest BCUT2D eigenvalue weighted by molar-refractivity contribution is -0.183. The summed E-state index contributed by atoms with van der Waals surface area (Å²) in [6.45, 7) is 5.99. The zero-order valence-corrected chi connectivity index (χ0v) is 17.1. The lowest BCUT2D eigenvalue weighted by Crippen LogP contribution is -2.56. The molecule has 0 unspecified atom stereocenters. The lowest BCUT2D eigenvalue weighted by atomic mass is 9.73. The van der Waals surface area contributed by atoms with Crippen molar-refractivity contribution in [3.63, 3.8) is 0 Å². The maximum Gasteiger partial charge on any atom is 0.326 e. The van der Waals surface area contributed by atoms with Gasteiger partial charge in [-0.2, -0.15) is 0 Å². The van der Waals surface area contributed by atoms with Crippen molar-refractivity contribution in [1.29, 1.82) is 0 Å². The van der Waals surface area contributed by atoms with Crippen LogP contribution in [0.5, 0.6) is 0 Å². The average Bonchev–Trinajstić information content (AvgIpc) is 2.74. The molecule has 1 atom stereocenters. The molecule has 1 saturated heterocycles. The summed E-state index contributed by atoms with van der Waals surface area (Å²) in [5.41, 5.74) is 1.09. The normalized spacial score (nSPS) is 18.2. The van der Waals surface area contributed by atoms with Gasteiger partial charge in [0.15, 0.2) is 5.41 Å². The van der Waals surface area contributed by atoms with Gasteiger partial charge < -0.3 is 9.47 Å². The monoisotopic (exact) mass is 397 g/mol. The third kappa shape index (κ3) is 3.98. The van der Waals surface area contributed by atoms with Crippen molar-refractivity contribution in [1.82, 2.24) is 0 Å². The van der Waals surface area contributed by atoms with Gasteiger partial charge in [-0.25, -0.2) is 5.06 Å². The highest BCUT2D eigenvalue weighted by Crippen LogP contribution is 2.48. The van der Waals surface area contributed by atoms with Crippen molar-refractivity contribution in [2.24, 2.45) is 5.41 Å². The first-order valence-corrected chi connectivity index (χ1v) is 9.92. The molecule has 6 nitrogen and oxygen atoms in total. The molecule has 3 rings (SSSR count). The molecular weight excluding hydrogens is 370 g/mol. The summed E-state index contributed by atoms with van der Waals surface area (Å²) >= 11 is 0. The van der Waals surface area contributed by atoms with Gasteiger partial charge >= 0.3 is 11.9 Å². The van der Waals surface area contributed by atoms with E-state index in [2.05, 4.69) is 0 Å². The van der Waals surface area contributed by atoms with Gasteiger partial charge in [-0.05, 0) is 38.5 Å². The molecule has 0 saturated carbocycles. The van der Waals surface area contributed by atoms with E-state index in [4.69, 9.17) is 14.3 Å². The maximum absolute atomic E-state index is 13.2. The number of esters is 2. The summed E-state index contributed by atoms with van der Waals surface area (Å²) in [5, 5.41) is 1.64. The van der Waals surface area contributed by atoms with Gasteiger partial charge in [-0.3, -0.25) is 14.4 Å². The lowest BCUT2D eigenvalue weighted by Gasteiger charge is -2.46. The molecular formula is C23H27NO5. The second kappa shape index (κ2) is 9.09. The second-order valence-corrected chi connectivity index (χ2v) is 6.97. The van der Waals surface area contributed by atoms with E-state index < -0.39 is 23.4 Å². The van der Waals surface area contributed by atoms with Gasteiger partial charge in [0.1, 0.15) is 6.04 Å². The van der Waals surface area contributed by atoms with Crippen LogP contribution in [0.2, 0.25) is 0 Å². The Morgan fingerprint density at radius 2 is 1.59 bits per heavy atom. The van der Waals surface area contributed by atoms with Crippen LogP contribution in [0, 0.1) is 12.3 Å². The Morgan fingerprint density at radius 1 is 1.00 bits per heavy atom. The topological polar surface area (TPSA) is 65.1 Å². The molecule has 2 aromatic rings. The Bertz CT molecular complexity index is 816. The quantitative estimate of drug-likeness (QED) is 0.542. The van der Waals surface area contributed by atoms with Crippen LogP contribution in [0.4, 0.5) is 5.69 Å². The van der Waals surface area contributed by atoms with E-state index >= 15 is 0 Å². The van der Waals surface area contributed by atoms with E-state index in [1.54, 1.807) is 18.9 Å². The Labute approximate surface area is 171 Å². The summed E-state index contributed by atoms with van der Waals surface area (Å²) in [6, 6.07) is 16.4. The SMILES string of the molecule is CCOC(=O)C1(C(=O)OCC)CCON(c2ccc(C)cc2)[C@@H]1c1ccccc1. The van der Waals surface area contributed by atoms with Crippen molar-refractivity contribution in [3.05, 3.63) is 65.7 Å². The Kier molecular flexibility index (Phi) is 6.54. The number of hydroxylamine groups is 1. The van der Waals surface area contributed by atoms with Crippen LogP contribution in [0.25, 0.3) is 0 Å². The largest absolute Gasteiger partial charge is 0.465 e. The van der Waals surface area contributed by atoms with E-state index in [0.29, 0.717) is 0 Å². The van der Waals surface area contributed by atoms with Crippen molar-refractivity contribution < 1.29 is 23.9 Å². The van der Waals surface area contributed by atoms with E-state index in [1.807, 2.05) is 61.5 Å². The highest BCUT2D eigenvalue weighted by Gasteiger charge is 2.60. The number of ether oxygens (including phenoxy) is 2. The Morgan fingerprint density at radius 3 is 2.14 bits per heavy atom. The summed E-state index contributed by atoms with van der Waals surface area (Å²) in [5.74, 6) is -1.18. The molecule has 29 heavy (non-hydrogen) atoms. The van der Waals surface area contributed by atoms with E-state index in [-0.39, 0.29) is 26.2 Å². The van der Waals surface area contributed by atoms with Crippen LogP contribution in [-0.4, -0.2) is 31.8 Å². The zero-order valence-electron chi connectivity index (χ0n) is 17.1. The molecule has 1 fully saturated rings. The Balaban J connectivity index is 2.19. The van der Waals surface area contributed by atoms with E-state index in [9.17, 15) is 9.59 Å². The van der Waals surface area contributed by atoms with Crippen LogP contribution in [-0.2, 0) is 23.9 Å². The van der Waals surface area contributed by atoms with Crippen molar-refractivity contribution in [2.45, 2.75) is 33.2 Å². The van der Waals surface area contributed by atoms with E-state index in [0.717, 1.165) is 16.8 Å². The molecule has 0 bridgehead atoms. The summed E-state index contributed by atoms with van der Waals surface area (Å²) in [6.07, 6.45) is 0.173. The number of aryl methyl sites for hydroxylation is 1. The van der Waals surface area contributed by atoms with Gasteiger partial charge in [0, 0.05) is 6.42 Å². The van der Waals surface area contributed by atoms with Crippen molar-refractivity contribution >= 4 is 17.6 Å². The van der Waals surface area contributed by atoms with Gasteiger partial charge in [0.05, 0.1) is 25.5 Å². The molecule has 0 N–H and O–H groups in total. The van der Waals surface area contributed by atoms with Crippen LogP contribution < -0.4 is 5.06 Å². The average molecular weight is 397 g/mol. The molecule has 0 aromatic heterocycles. The van der Waals surface area contributed by atoms with Gasteiger partial charge in [0.25, 0.3) is 0 Å². The minimum Gasteiger partial charge on any atom is -0.465 e. The number of anilines is 1. The first-order chi connectivity index (χ1) is 14.0. The van der Waals surface area contributed by atoms with Crippen LogP contribution >= 0.6 is 0 Å². The molecule has 154 valence electrons. The minimum atomic E-state index is -1.53. The van der Waals surface area contributed by atoms with Gasteiger partial charge in [0.2, 0.25) is 0 Å². The molecule has 6 heteroatoms. The predicted molar refractivity (Wildman–Crippen MR) is 109 cm³/mol. The summed E-state index contributed by atoms with van der Waals surface area (Å²) in [7, 11) is 0. The fourth-order valence-electron chi connectivity index (χ4n) is 3.72. The predicted octanol–water partition coefficient (Wildman–Crippen LogP) is 3.99. The molecule has 2 aromatic carbocycles. The zero-order chi connectivity index (χ0) is 20.9. The summed E-state index contributed by atoms with van der Waals surface area (Å²) < 4.78 is 10.8. The molecule has 0 spiro atoms. The van der Waals surface area contributed by atoms with Crippen LogP contribution in [0.1, 0.15) is 37.4 Å². The molecule has 1 aliphatic heterocycles. The number of hydrogen-bond acceptors (Lipinski definition) is 6. The standard InChI is InChI=1S/C23H27NO5/c1-4-27-21(25)23(22(26)28-5-2)15-16-29-24(19-13-11-17(3)12-14-19)20(23)18-9-7-6-8-10-18/h6-14,20H,4-5,15-16H2,1-3H3/t20-/m1/s1. The third-order valence-electron chi connectivity index (χ3n) is 5.11. The molecule has 0 aliphatic carbocycles. The number of benzene rings is 2. The molecule has 1 aliphatic rings. The van der Waals surface area contributed by atoms with Gasteiger partial charge in [-0.1, -0.05) is 48.0 Å². The number of carbonyl (C=O) groups is 2. The van der Waals surface area contributed by atoms with Crippen molar-refractivity contribution in [3.8, 4) is 0 Å². The van der Waals surface area contributed by atoms with E-state index in [1.165, 1.54) is 0 Å². The second-order valence-electron chi connectivity index (χ2n) is 6.97. The number of rotatable bonds is 6. The molecule has 0 radical (unpaired) electrons. The first-order valence-electron chi connectivity index (χ1n) is 9.92. The first kappa shape index (κ1) is 20.9. The maximum atomic E-state index is 13.2. The van der Waals surface area contributed by atoms with Crippen molar-refractivity contribution in [2.75, 3.05) is 24.9 Å². The summed E-state index contributed by atoms with van der Waals surface area (Å²) in [4.78, 5) is 32.5. The molecule has 0 amide bonds. The Hall–Kier alpha value is -2.86. The highest BCUT2D eigenvalue weighted by atomic mass is 16.7. The van der Waals surface area contributed by atoms with Crippen LogP contribution in [0.3, 0.4) is 0 Å².